The molecule has 0 aliphatic heterocycles. The summed E-state index contributed by atoms with van der Waals surface area (Å²) in [7, 11) is 1.80. The van der Waals surface area contributed by atoms with Gasteiger partial charge < -0.3 is 9.13 Å². The van der Waals surface area contributed by atoms with Crippen molar-refractivity contribution in [1.29, 1.82) is 0 Å². The third kappa shape index (κ3) is 2.85. The van der Waals surface area contributed by atoms with Gasteiger partial charge in [0.2, 0.25) is 0 Å². The van der Waals surface area contributed by atoms with Crippen LogP contribution in [0.25, 0.3) is 11.4 Å². The second-order valence-corrected chi connectivity index (χ2v) is 6.64. The molecular formula is C15H22N4OS. The van der Waals surface area contributed by atoms with E-state index in [4.69, 9.17) is 12.2 Å². The van der Waals surface area contributed by atoms with Crippen molar-refractivity contribution in [2.45, 2.75) is 46.1 Å². The molecule has 0 aromatic carbocycles. The van der Waals surface area contributed by atoms with Gasteiger partial charge in [-0.1, -0.05) is 27.7 Å². The molecule has 2 rings (SSSR count). The van der Waals surface area contributed by atoms with E-state index in [0.717, 1.165) is 18.7 Å². The lowest BCUT2D eigenvalue weighted by Gasteiger charge is -2.22. The monoisotopic (exact) mass is 306 g/mol. The standard InChI is InChI=1S/C15H22N4OS/c1-6-9-19-12(16-17-14(19)21)10-7-8-11(15(2,3)4)18(5)13(10)20/h7-8H,6,9H2,1-5H3,(H,17,21). The van der Waals surface area contributed by atoms with Gasteiger partial charge in [-0.15, -0.1) is 0 Å². The quantitative estimate of drug-likeness (QED) is 0.887. The van der Waals surface area contributed by atoms with Crippen LogP contribution in [0.4, 0.5) is 0 Å². The number of aromatic nitrogens is 4. The van der Waals surface area contributed by atoms with Gasteiger partial charge in [0, 0.05) is 24.7 Å². The number of hydrogen-bond donors (Lipinski definition) is 1. The fraction of sp³-hybridized carbons (Fsp3) is 0.533. The number of H-pyrrole nitrogens is 1. The second kappa shape index (κ2) is 5.60. The molecule has 0 amide bonds. The van der Waals surface area contributed by atoms with E-state index >= 15 is 0 Å². The van der Waals surface area contributed by atoms with E-state index in [1.54, 1.807) is 11.6 Å². The number of aromatic amines is 1. The summed E-state index contributed by atoms with van der Waals surface area (Å²) in [6.45, 7) is 9.09. The molecule has 2 aromatic rings. The van der Waals surface area contributed by atoms with Gasteiger partial charge in [-0.2, -0.15) is 5.10 Å². The fourth-order valence-electron chi connectivity index (χ4n) is 2.51. The predicted molar refractivity (Wildman–Crippen MR) is 87.1 cm³/mol. The molecule has 5 nitrogen and oxygen atoms in total. The first kappa shape index (κ1) is 15.7. The zero-order valence-corrected chi connectivity index (χ0v) is 14.0. The molecule has 2 aromatic heterocycles. The minimum atomic E-state index is -0.0828. The van der Waals surface area contributed by atoms with Crippen LogP contribution in [-0.2, 0) is 19.0 Å². The largest absolute Gasteiger partial charge is 0.315 e. The number of nitrogens with zero attached hydrogens (tertiary/aromatic N) is 3. The maximum absolute atomic E-state index is 12.7. The first-order valence-corrected chi connectivity index (χ1v) is 7.54. The van der Waals surface area contributed by atoms with E-state index < -0.39 is 0 Å². The van der Waals surface area contributed by atoms with Crippen molar-refractivity contribution >= 4 is 12.2 Å². The summed E-state index contributed by atoms with van der Waals surface area (Å²) in [5.41, 5.74) is 1.44. The Morgan fingerprint density at radius 3 is 2.57 bits per heavy atom. The third-order valence-corrected chi connectivity index (χ3v) is 3.83. The molecule has 0 saturated carbocycles. The molecule has 0 spiro atoms. The van der Waals surface area contributed by atoms with Crippen molar-refractivity contribution in [3.8, 4) is 11.4 Å². The van der Waals surface area contributed by atoms with Gasteiger partial charge in [-0.05, 0) is 30.8 Å². The van der Waals surface area contributed by atoms with Crippen molar-refractivity contribution in [1.82, 2.24) is 19.3 Å². The van der Waals surface area contributed by atoms with Gasteiger partial charge >= 0.3 is 0 Å². The highest BCUT2D eigenvalue weighted by atomic mass is 32.1. The van der Waals surface area contributed by atoms with Gasteiger partial charge in [0.05, 0.1) is 5.56 Å². The molecule has 0 unspecified atom stereocenters. The average molecular weight is 306 g/mol. The molecule has 0 bridgehead atoms. The minimum Gasteiger partial charge on any atom is -0.315 e. The summed E-state index contributed by atoms with van der Waals surface area (Å²) in [6.07, 6.45) is 0.932. The molecule has 0 fully saturated rings. The van der Waals surface area contributed by atoms with Crippen LogP contribution in [-0.4, -0.2) is 19.3 Å². The molecule has 2 heterocycles. The van der Waals surface area contributed by atoms with Gasteiger partial charge in [0.1, 0.15) is 0 Å². The summed E-state index contributed by atoms with van der Waals surface area (Å²) >= 11 is 5.24. The fourth-order valence-corrected chi connectivity index (χ4v) is 2.74. The Morgan fingerprint density at radius 2 is 2.00 bits per heavy atom. The molecule has 0 radical (unpaired) electrons. The maximum Gasteiger partial charge on any atom is 0.261 e. The Kier molecular flexibility index (Phi) is 4.18. The lowest BCUT2D eigenvalue weighted by atomic mass is 9.91. The van der Waals surface area contributed by atoms with Crippen LogP contribution < -0.4 is 5.56 Å². The lowest BCUT2D eigenvalue weighted by Crippen LogP contribution is -2.28. The van der Waals surface area contributed by atoms with E-state index in [9.17, 15) is 4.79 Å². The van der Waals surface area contributed by atoms with E-state index in [0.29, 0.717) is 16.2 Å². The summed E-state index contributed by atoms with van der Waals surface area (Å²) in [6, 6.07) is 3.84. The smallest absolute Gasteiger partial charge is 0.261 e. The summed E-state index contributed by atoms with van der Waals surface area (Å²) in [5.74, 6) is 0.614. The van der Waals surface area contributed by atoms with Crippen LogP contribution in [0.2, 0.25) is 0 Å². The van der Waals surface area contributed by atoms with E-state index in [1.165, 1.54) is 0 Å². The second-order valence-electron chi connectivity index (χ2n) is 6.25. The lowest BCUT2D eigenvalue weighted by molar-refractivity contribution is 0.531. The first-order chi connectivity index (χ1) is 9.77. The van der Waals surface area contributed by atoms with Crippen LogP contribution in [0.3, 0.4) is 0 Å². The highest BCUT2D eigenvalue weighted by Crippen LogP contribution is 2.22. The molecule has 0 saturated heterocycles. The normalized spacial score (nSPS) is 11.9. The van der Waals surface area contributed by atoms with Crippen LogP contribution in [0.15, 0.2) is 16.9 Å². The van der Waals surface area contributed by atoms with E-state index in [-0.39, 0.29) is 11.0 Å². The Hall–Kier alpha value is -1.69. The third-order valence-electron chi connectivity index (χ3n) is 3.52. The molecular weight excluding hydrogens is 284 g/mol. The van der Waals surface area contributed by atoms with Crippen LogP contribution in [0.1, 0.15) is 39.8 Å². The van der Waals surface area contributed by atoms with Crippen molar-refractivity contribution in [3.63, 3.8) is 0 Å². The maximum atomic E-state index is 12.7. The zero-order valence-electron chi connectivity index (χ0n) is 13.2. The van der Waals surface area contributed by atoms with E-state index in [2.05, 4.69) is 37.9 Å². The summed E-state index contributed by atoms with van der Waals surface area (Å²) in [4.78, 5) is 12.7. The van der Waals surface area contributed by atoms with Crippen LogP contribution in [0.5, 0.6) is 0 Å². The Morgan fingerprint density at radius 1 is 1.33 bits per heavy atom. The number of rotatable bonds is 3. The minimum absolute atomic E-state index is 0.0474. The average Bonchev–Trinajstić information content (AvgIpc) is 2.74. The van der Waals surface area contributed by atoms with Gasteiger partial charge in [-0.25, -0.2) is 0 Å². The SMILES string of the molecule is CCCn1c(-c2ccc(C(C)(C)C)n(C)c2=O)n[nH]c1=S. The molecule has 0 atom stereocenters. The molecule has 6 heteroatoms. The summed E-state index contributed by atoms with van der Waals surface area (Å²) < 4.78 is 4.13. The molecule has 21 heavy (non-hydrogen) atoms. The number of pyridine rings is 1. The van der Waals surface area contributed by atoms with Crippen molar-refractivity contribution in [3.05, 3.63) is 33.0 Å². The van der Waals surface area contributed by atoms with Gasteiger partial charge in [0.25, 0.3) is 5.56 Å². The molecule has 1 N–H and O–H groups in total. The Bertz CT molecular complexity index is 761. The molecule has 0 aliphatic carbocycles. The Balaban J connectivity index is 2.65. The highest BCUT2D eigenvalue weighted by molar-refractivity contribution is 7.71. The van der Waals surface area contributed by atoms with Gasteiger partial charge in [0.15, 0.2) is 10.6 Å². The highest BCUT2D eigenvalue weighted by Gasteiger charge is 2.20. The van der Waals surface area contributed by atoms with Crippen molar-refractivity contribution in [2.75, 3.05) is 0 Å². The van der Waals surface area contributed by atoms with E-state index in [1.807, 2.05) is 16.7 Å². The first-order valence-electron chi connectivity index (χ1n) is 7.13. The number of nitrogens with one attached hydrogen (secondary N) is 1. The van der Waals surface area contributed by atoms with Gasteiger partial charge in [-0.3, -0.25) is 9.89 Å². The van der Waals surface area contributed by atoms with Crippen LogP contribution >= 0.6 is 12.2 Å². The van der Waals surface area contributed by atoms with Crippen LogP contribution in [0, 0.1) is 4.77 Å². The summed E-state index contributed by atoms with van der Waals surface area (Å²) in [5, 5.41) is 7.01. The number of hydrogen-bond acceptors (Lipinski definition) is 3. The predicted octanol–water partition coefficient (Wildman–Crippen LogP) is 3.01. The molecule has 0 aliphatic rings. The zero-order chi connectivity index (χ0) is 15.8. The van der Waals surface area contributed by atoms with Crippen molar-refractivity contribution < 1.29 is 0 Å². The van der Waals surface area contributed by atoms with Crippen molar-refractivity contribution in [2.24, 2.45) is 7.05 Å². The Labute approximate surface area is 129 Å². The topological polar surface area (TPSA) is 55.6 Å². The molecule has 114 valence electrons.